The maximum Gasteiger partial charge on any atom is 0.300 e. The Hall–Kier alpha value is -0.650. The second-order valence-corrected chi connectivity index (χ2v) is 4.39. The number of nitrogens with zero attached hydrogens (tertiary/aromatic N) is 1. The van der Waals surface area contributed by atoms with Gasteiger partial charge in [0.1, 0.15) is 0 Å². The number of carbonyl (C=O) groups is 1. The number of hydrazine groups is 1. The molecular weight excluding hydrogens is 206 g/mol. The first-order valence-corrected chi connectivity index (χ1v) is 5.87. The molecule has 0 amide bonds. The number of nitrogens with two attached hydrogens (primary N) is 2. The SMILES string of the molecule is CC(=O)O.CCC1CN(N)CC(CC)C1N. The minimum Gasteiger partial charge on any atom is -0.481 e. The van der Waals surface area contributed by atoms with Crippen LogP contribution in [0.3, 0.4) is 0 Å². The van der Waals surface area contributed by atoms with Crippen LogP contribution in [0.1, 0.15) is 33.6 Å². The molecule has 2 unspecified atom stereocenters. The number of piperidine rings is 1. The van der Waals surface area contributed by atoms with Crippen molar-refractivity contribution in [2.45, 2.75) is 39.7 Å². The van der Waals surface area contributed by atoms with Gasteiger partial charge in [0.25, 0.3) is 5.97 Å². The van der Waals surface area contributed by atoms with Gasteiger partial charge < -0.3 is 10.8 Å². The zero-order valence-corrected chi connectivity index (χ0v) is 10.5. The molecular formula is C11H25N3O2. The fourth-order valence-electron chi connectivity index (χ4n) is 2.11. The van der Waals surface area contributed by atoms with Crippen molar-refractivity contribution in [1.82, 2.24) is 5.01 Å². The van der Waals surface area contributed by atoms with Crippen LogP contribution in [-0.4, -0.2) is 35.2 Å². The summed E-state index contributed by atoms with van der Waals surface area (Å²) >= 11 is 0. The Kier molecular flexibility index (Phi) is 7.29. The third kappa shape index (κ3) is 5.44. The average Bonchev–Trinajstić information content (AvgIpc) is 2.20. The lowest BCUT2D eigenvalue weighted by atomic mass is 9.82. The van der Waals surface area contributed by atoms with Gasteiger partial charge in [-0.25, -0.2) is 5.01 Å². The summed E-state index contributed by atoms with van der Waals surface area (Å²) < 4.78 is 0. The minimum absolute atomic E-state index is 0.361. The summed E-state index contributed by atoms with van der Waals surface area (Å²) in [6.45, 7) is 7.40. The van der Waals surface area contributed by atoms with Crippen molar-refractivity contribution in [3.63, 3.8) is 0 Å². The van der Waals surface area contributed by atoms with Gasteiger partial charge in [0, 0.05) is 26.1 Å². The van der Waals surface area contributed by atoms with E-state index in [0.29, 0.717) is 17.9 Å². The van der Waals surface area contributed by atoms with Crippen LogP contribution in [0.4, 0.5) is 0 Å². The second-order valence-electron chi connectivity index (χ2n) is 4.39. The van der Waals surface area contributed by atoms with E-state index in [1.807, 2.05) is 5.01 Å². The molecule has 16 heavy (non-hydrogen) atoms. The Balaban J connectivity index is 0.000000487. The molecule has 0 aromatic carbocycles. The van der Waals surface area contributed by atoms with Gasteiger partial charge in [-0.2, -0.15) is 0 Å². The van der Waals surface area contributed by atoms with E-state index in [9.17, 15) is 0 Å². The zero-order valence-electron chi connectivity index (χ0n) is 10.5. The average molecular weight is 231 g/mol. The monoisotopic (exact) mass is 231 g/mol. The number of aliphatic carboxylic acids is 1. The Bertz CT molecular complexity index is 193. The Morgan fingerprint density at radius 1 is 1.31 bits per heavy atom. The molecule has 5 N–H and O–H groups in total. The van der Waals surface area contributed by atoms with Crippen LogP contribution in [0.5, 0.6) is 0 Å². The lowest BCUT2D eigenvalue weighted by Gasteiger charge is -2.39. The van der Waals surface area contributed by atoms with Gasteiger partial charge in [-0.3, -0.25) is 10.6 Å². The molecule has 96 valence electrons. The zero-order chi connectivity index (χ0) is 12.7. The van der Waals surface area contributed by atoms with E-state index < -0.39 is 5.97 Å². The first kappa shape index (κ1) is 15.3. The van der Waals surface area contributed by atoms with Gasteiger partial charge in [-0.15, -0.1) is 0 Å². The number of hydrogen-bond donors (Lipinski definition) is 3. The summed E-state index contributed by atoms with van der Waals surface area (Å²) in [5.74, 6) is 6.16. The standard InChI is InChI=1S/C9H21N3.C2H4O2/c1-3-7-5-12(11)6-8(4-2)9(7)10;1-2(3)4/h7-9H,3-6,10-11H2,1-2H3;1H3,(H,3,4). The Morgan fingerprint density at radius 2 is 1.62 bits per heavy atom. The molecule has 0 spiro atoms. The smallest absolute Gasteiger partial charge is 0.300 e. The summed E-state index contributed by atoms with van der Waals surface area (Å²) in [6.07, 6.45) is 2.29. The number of carboxylic acids is 1. The molecule has 2 atom stereocenters. The summed E-state index contributed by atoms with van der Waals surface area (Å²) in [6, 6.07) is 0.361. The second kappa shape index (κ2) is 7.60. The van der Waals surface area contributed by atoms with Crippen LogP contribution >= 0.6 is 0 Å². The fourth-order valence-corrected chi connectivity index (χ4v) is 2.11. The summed E-state index contributed by atoms with van der Waals surface area (Å²) in [5, 5.41) is 9.34. The molecule has 1 aliphatic heterocycles. The molecule has 1 aliphatic rings. The molecule has 0 saturated carbocycles. The Morgan fingerprint density at radius 3 is 1.88 bits per heavy atom. The highest BCUT2D eigenvalue weighted by Gasteiger charge is 2.30. The predicted octanol–water partition coefficient (Wildman–Crippen LogP) is 0.646. The maximum absolute atomic E-state index is 9.00. The highest BCUT2D eigenvalue weighted by molar-refractivity contribution is 5.62. The lowest BCUT2D eigenvalue weighted by molar-refractivity contribution is -0.134. The minimum atomic E-state index is -0.833. The molecule has 1 saturated heterocycles. The van der Waals surface area contributed by atoms with Gasteiger partial charge >= 0.3 is 0 Å². The van der Waals surface area contributed by atoms with E-state index in [-0.39, 0.29) is 0 Å². The number of carboxylic acid groups (broad SMARTS) is 1. The van der Waals surface area contributed by atoms with E-state index in [2.05, 4.69) is 13.8 Å². The molecule has 1 rings (SSSR count). The van der Waals surface area contributed by atoms with Crippen molar-refractivity contribution in [2.24, 2.45) is 23.4 Å². The largest absolute Gasteiger partial charge is 0.481 e. The van der Waals surface area contributed by atoms with Crippen LogP contribution < -0.4 is 11.6 Å². The predicted molar refractivity (Wildman–Crippen MR) is 64.6 cm³/mol. The molecule has 5 heteroatoms. The van der Waals surface area contributed by atoms with E-state index in [0.717, 1.165) is 32.9 Å². The Labute approximate surface area is 97.8 Å². The van der Waals surface area contributed by atoms with Crippen molar-refractivity contribution in [1.29, 1.82) is 0 Å². The highest BCUT2D eigenvalue weighted by Crippen LogP contribution is 2.23. The van der Waals surface area contributed by atoms with E-state index in [1.54, 1.807) is 0 Å². The molecule has 1 fully saturated rings. The van der Waals surface area contributed by atoms with Crippen LogP contribution in [0.25, 0.3) is 0 Å². The number of rotatable bonds is 2. The summed E-state index contributed by atoms with van der Waals surface area (Å²) in [5.41, 5.74) is 6.12. The lowest BCUT2D eigenvalue weighted by Crippen LogP contribution is -2.55. The quantitative estimate of drug-likeness (QED) is 0.607. The third-order valence-electron chi connectivity index (χ3n) is 3.08. The van der Waals surface area contributed by atoms with E-state index in [4.69, 9.17) is 21.5 Å². The van der Waals surface area contributed by atoms with Crippen LogP contribution in [0, 0.1) is 11.8 Å². The number of hydrogen-bond acceptors (Lipinski definition) is 4. The molecule has 0 aromatic heterocycles. The maximum atomic E-state index is 9.00. The van der Waals surface area contributed by atoms with Gasteiger partial charge in [0.05, 0.1) is 0 Å². The van der Waals surface area contributed by atoms with E-state index >= 15 is 0 Å². The highest BCUT2D eigenvalue weighted by atomic mass is 16.4. The summed E-state index contributed by atoms with van der Waals surface area (Å²) in [7, 11) is 0. The van der Waals surface area contributed by atoms with Crippen molar-refractivity contribution in [3.05, 3.63) is 0 Å². The molecule has 0 radical (unpaired) electrons. The van der Waals surface area contributed by atoms with Crippen molar-refractivity contribution < 1.29 is 9.90 Å². The first-order chi connectivity index (χ1) is 7.42. The van der Waals surface area contributed by atoms with Crippen molar-refractivity contribution in [2.75, 3.05) is 13.1 Å². The normalized spacial score (nSPS) is 30.4. The summed E-state index contributed by atoms with van der Waals surface area (Å²) in [4.78, 5) is 9.00. The van der Waals surface area contributed by atoms with Crippen LogP contribution in [0.2, 0.25) is 0 Å². The topological polar surface area (TPSA) is 92.6 Å². The van der Waals surface area contributed by atoms with Gasteiger partial charge in [-0.05, 0) is 11.8 Å². The van der Waals surface area contributed by atoms with Crippen LogP contribution in [0.15, 0.2) is 0 Å². The van der Waals surface area contributed by atoms with Crippen molar-refractivity contribution >= 4 is 5.97 Å². The van der Waals surface area contributed by atoms with Gasteiger partial charge in [0.2, 0.25) is 0 Å². The molecule has 0 aromatic rings. The first-order valence-electron chi connectivity index (χ1n) is 5.87. The fraction of sp³-hybridized carbons (Fsp3) is 0.909. The van der Waals surface area contributed by atoms with Gasteiger partial charge in [-0.1, -0.05) is 26.7 Å². The van der Waals surface area contributed by atoms with Crippen molar-refractivity contribution in [3.8, 4) is 0 Å². The third-order valence-corrected chi connectivity index (χ3v) is 3.08. The molecule has 5 nitrogen and oxygen atoms in total. The van der Waals surface area contributed by atoms with Crippen LogP contribution in [-0.2, 0) is 4.79 Å². The molecule has 1 heterocycles. The van der Waals surface area contributed by atoms with Gasteiger partial charge in [0.15, 0.2) is 0 Å². The van der Waals surface area contributed by atoms with E-state index in [1.165, 1.54) is 0 Å². The molecule has 0 bridgehead atoms. The molecule has 0 aliphatic carbocycles.